The third-order valence-electron chi connectivity index (χ3n) is 2.13. The molecule has 1 aliphatic rings. The van der Waals surface area contributed by atoms with Gasteiger partial charge in [0.15, 0.2) is 0 Å². The van der Waals surface area contributed by atoms with Crippen molar-refractivity contribution in [3.05, 3.63) is 48.6 Å². The van der Waals surface area contributed by atoms with E-state index in [9.17, 15) is 0 Å². The van der Waals surface area contributed by atoms with Crippen LogP contribution in [0.2, 0.25) is 0 Å². The topological polar surface area (TPSA) is 0 Å². The summed E-state index contributed by atoms with van der Waals surface area (Å²) in [7, 11) is 0. The third kappa shape index (κ3) is 6.47. The van der Waals surface area contributed by atoms with Crippen molar-refractivity contribution in [2.75, 3.05) is 0 Å². The quantitative estimate of drug-likeness (QED) is 0.494. The van der Waals surface area contributed by atoms with E-state index in [0.29, 0.717) is 0 Å². The van der Waals surface area contributed by atoms with Crippen LogP contribution < -0.4 is 0 Å². The van der Waals surface area contributed by atoms with Crippen LogP contribution in [-0.2, 0) is 0 Å². The summed E-state index contributed by atoms with van der Waals surface area (Å²) < 4.78 is 0. The van der Waals surface area contributed by atoms with Crippen LogP contribution >= 0.6 is 0 Å². The zero-order valence-electron chi connectivity index (χ0n) is 8.78. The predicted octanol–water partition coefficient (Wildman–Crippen LogP) is 4.37. The Morgan fingerprint density at radius 1 is 0.643 bits per heavy atom. The van der Waals surface area contributed by atoms with Gasteiger partial charge in [-0.2, -0.15) is 0 Å². The normalized spacial score (nSPS) is 28.6. The molecule has 0 N–H and O–H groups in total. The first-order chi connectivity index (χ1) is 7.00. The monoisotopic (exact) mass is 187 g/mol. The van der Waals surface area contributed by atoms with Crippen LogP contribution in [0.1, 0.15) is 38.5 Å². The first-order valence-electron chi connectivity index (χ1n) is 5.50. The van der Waals surface area contributed by atoms with E-state index >= 15 is 0 Å². The van der Waals surface area contributed by atoms with Gasteiger partial charge in [-0.15, -0.1) is 0 Å². The summed E-state index contributed by atoms with van der Waals surface area (Å²) in [6.07, 6.45) is 25.5. The van der Waals surface area contributed by atoms with Crippen molar-refractivity contribution >= 4 is 0 Å². The van der Waals surface area contributed by atoms with Gasteiger partial charge in [-0.05, 0) is 44.6 Å². The van der Waals surface area contributed by atoms with Gasteiger partial charge in [-0.1, -0.05) is 42.5 Å². The minimum atomic E-state index is 0.966. The molecule has 1 aliphatic carbocycles. The molecule has 0 aromatic carbocycles. The standard InChI is InChI=1S/C14H19/c1-2-4-6-8-10-12-14-13-11-9-7-5-3-1/h1-2,5,7-8,10,13H,3-4,6,9,11-12H2/b2-1+,7-5+,10-8+,14-13?. The summed E-state index contributed by atoms with van der Waals surface area (Å²) in [5.41, 5.74) is 0. The van der Waals surface area contributed by atoms with Crippen LogP contribution in [0.15, 0.2) is 42.5 Å². The van der Waals surface area contributed by atoms with Gasteiger partial charge < -0.3 is 0 Å². The summed E-state index contributed by atoms with van der Waals surface area (Å²) in [5.74, 6) is 0. The molecule has 0 heteroatoms. The average Bonchev–Trinajstić information content (AvgIpc) is 2.22. The lowest BCUT2D eigenvalue weighted by atomic mass is 10.2. The molecule has 1 rings (SSSR count). The molecule has 0 atom stereocenters. The van der Waals surface area contributed by atoms with Gasteiger partial charge in [-0.25, -0.2) is 0 Å². The molecule has 0 aromatic rings. The second-order valence-electron chi connectivity index (χ2n) is 3.42. The third-order valence-corrected chi connectivity index (χ3v) is 2.13. The minimum absolute atomic E-state index is 0.966. The van der Waals surface area contributed by atoms with Crippen molar-refractivity contribution < 1.29 is 0 Å². The first-order valence-corrected chi connectivity index (χ1v) is 5.50. The molecule has 14 heavy (non-hydrogen) atoms. The van der Waals surface area contributed by atoms with E-state index < -0.39 is 0 Å². The Balaban J connectivity index is 2.33. The zero-order chi connectivity index (χ0) is 9.90. The molecule has 0 nitrogen and oxygen atoms in total. The van der Waals surface area contributed by atoms with Crippen LogP contribution in [0.4, 0.5) is 0 Å². The van der Waals surface area contributed by atoms with Crippen molar-refractivity contribution in [1.82, 2.24) is 0 Å². The van der Waals surface area contributed by atoms with E-state index in [0.717, 1.165) is 38.5 Å². The van der Waals surface area contributed by atoms with Gasteiger partial charge >= 0.3 is 0 Å². The maximum Gasteiger partial charge on any atom is -0.00979 e. The van der Waals surface area contributed by atoms with E-state index in [2.05, 4.69) is 48.6 Å². The van der Waals surface area contributed by atoms with Crippen LogP contribution in [-0.4, -0.2) is 0 Å². The predicted molar refractivity (Wildman–Crippen MR) is 62.9 cm³/mol. The van der Waals surface area contributed by atoms with E-state index in [1.165, 1.54) is 0 Å². The molecule has 0 bridgehead atoms. The van der Waals surface area contributed by atoms with Crippen molar-refractivity contribution in [3.63, 3.8) is 0 Å². The summed E-state index contributed by atoms with van der Waals surface area (Å²) >= 11 is 0. The summed E-state index contributed by atoms with van der Waals surface area (Å²) in [5, 5.41) is 0. The minimum Gasteiger partial charge on any atom is -0.0879 e. The molecule has 0 heterocycles. The van der Waals surface area contributed by atoms with Gasteiger partial charge in [0, 0.05) is 0 Å². The van der Waals surface area contributed by atoms with Gasteiger partial charge in [0.1, 0.15) is 0 Å². The van der Waals surface area contributed by atoms with Crippen LogP contribution in [0, 0.1) is 6.08 Å². The lowest BCUT2D eigenvalue weighted by Gasteiger charge is -1.90. The van der Waals surface area contributed by atoms with Gasteiger partial charge in [-0.3, -0.25) is 0 Å². The number of allylic oxidation sites excluding steroid dienone is 8. The Bertz CT molecular complexity index is 178. The highest BCUT2D eigenvalue weighted by molar-refractivity contribution is 4.96. The first kappa shape index (κ1) is 11.0. The number of hydrogen-bond acceptors (Lipinski definition) is 0. The summed E-state index contributed by atoms with van der Waals surface area (Å²) in [6.45, 7) is 0. The SMILES string of the molecule is [C]1=C/CC/C=C/C/C=C/CC/C=C/C/1. The van der Waals surface area contributed by atoms with Crippen molar-refractivity contribution in [1.29, 1.82) is 0 Å². The fourth-order valence-corrected chi connectivity index (χ4v) is 1.33. The van der Waals surface area contributed by atoms with E-state index in [1.807, 2.05) is 0 Å². The Morgan fingerprint density at radius 3 is 2.07 bits per heavy atom. The molecule has 0 aromatic heterocycles. The number of rotatable bonds is 0. The Kier molecular flexibility index (Phi) is 6.74. The van der Waals surface area contributed by atoms with Gasteiger partial charge in [0.25, 0.3) is 0 Å². The maximum absolute atomic E-state index is 3.28. The number of hydrogen-bond donors (Lipinski definition) is 0. The van der Waals surface area contributed by atoms with E-state index in [1.54, 1.807) is 0 Å². The summed E-state index contributed by atoms with van der Waals surface area (Å²) in [6, 6.07) is 0. The van der Waals surface area contributed by atoms with Crippen LogP contribution in [0.3, 0.4) is 0 Å². The Hall–Kier alpha value is -1.04. The molecule has 1 radical (unpaired) electrons. The molecule has 75 valence electrons. The molecule has 0 unspecified atom stereocenters. The molecule has 0 amide bonds. The second kappa shape index (κ2) is 8.55. The molecule has 0 spiro atoms. The molecule has 0 fully saturated rings. The van der Waals surface area contributed by atoms with Gasteiger partial charge in [0.05, 0.1) is 0 Å². The van der Waals surface area contributed by atoms with Crippen molar-refractivity contribution in [2.24, 2.45) is 0 Å². The van der Waals surface area contributed by atoms with Crippen LogP contribution in [0.25, 0.3) is 0 Å². The lowest BCUT2D eigenvalue weighted by molar-refractivity contribution is 1.01. The van der Waals surface area contributed by atoms with E-state index in [-0.39, 0.29) is 0 Å². The van der Waals surface area contributed by atoms with Crippen molar-refractivity contribution in [3.8, 4) is 0 Å². The fraction of sp³-hybridized carbons (Fsp3) is 0.429. The average molecular weight is 187 g/mol. The molecule has 0 aliphatic heterocycles. The largest absolute Gasteiger partial charge is 0.0879 e. The highest BCUT2D eigenvalue weighted by Gasteiger charge is 1.80. The van der Waals surface area contributed by atoms with Gasteiger partial charge in [0.2, 0.25) is 0 Å². The Morgan fingerprint density at radius 2 is 1.29 bits per heavy atom. The molecule has 0 saturated heterocycles. The maximum atomic E-state index is 3.28. The lowest BCUT2D eigenvalue weighted by Crippen LogP contribution is -1.70. The molecule has 0 saturated carbocycles. The smallest absolute Gasteiger partial charge is 0.00979 e. The molecular formula is C14H19. The zero-order valence-corrected chi connectivity index (χ0v) is 8.78. The van der Waals surface area contributed by atoms with Crippen molar-refractivity contribution in [2.45, 2.75) is 38.5 Å². The fourth-order valence-electron chi connectivity index (χ4n) is 1.33. The Labute approximate surface area is 87.7 Å². The van der Waals surface area contributed by atoms with E-state index in [4.69, 9.17) is 0 Å². The summed E-state index contributed by atoms with van der Waals surface area (Å²) in [4.78, 5) is 0. The second-order valence-corrected chi connectivity index (χ2v) is 3.42. The van der Waals surface area contributed by atoms with Crippen LogP contribution in [0.5, 0.6) is 0 Å². The molecular weight excluding hydrogens is 168 g/mol. The highest BCUT2D eigenvalue weighted by Crippen LogP contribution is 2.00. The highest BCUT2D eigenvalue weighted by atomic mass is 13.9.